The summed E-state index contributed by atoms with van der Waals surface area (Å²) in [6.07, 6.45) is 1.38. The first kappa shape index (κ1) is 7.85. The molecule has 0 radical (unpaired) electrons. The smallest absolute Gasteiger partial charge is 0.126 e. The minimum Gasteiger partial charge on any atom is -0.313 e. The molecule has 3 heteroatoms. The number of halogens is 2. The van der Waals surface area contributed by atoms with Crippen LogP contribution in [0, 0.1) is 17.0 Å². The maximum Gasteiger partial charge on any atom is 0.126 e. The molecule has 11 heavy (non-hydrogen) atoms. The van der Waals surface area contributed by atoms with Gasteiger partial charge in [0.05, 0.1) is 0 Å². The Hall–Kier alpha value is -1.25. The zero-order chi connectivity index (χ0) is 8.27. The lowest BCUT2D eigenvalue weighted by atomic mass is 10.1. The van der Waals surface area contributed by atoms with E-state index in [1.54, 1.807) is 0 Å². The van der Waals surface area contributed by atoms with Crippen LogP contribution >= 0.6 is 0 Å². The molecule has 0 aliphatic heterocycles. The molecule has 1 aromatic carbocycles. The Balaban J connectivity index is 2.98. The number of rotatable bonds is 2. The van der Waals surface area contributed by atoms with Gasteiger partial charge in [-0.2, -0.15) is 0 Å². The average Bonchev–Trinajstić information content (AvgIpc) is 1.85. The standard InChI is InChI=1S/C8H7F2N/c9-7-3-6(1-2-11)4-8(10)5-7/h2-5,11H,1H2. The van der Waals surface area contributed by atoms with Gasteiger partial charge in [-0.3, -0.25) is 0 Å². The summed E-state index contributed by atoms with van der Waals surface area (Å²) in [6.45, 7) is 0. The van der Waals surface area contributed by atoms with E-state index < -0.39 is 11.6 Å². The third kappa shape index (κ3) is 2.11. The minimum atomic E-state index is -0.596. The summed E-state index contributed by atoms with van der Waals surface area (Å²) in [5, 5.41) is 6.71. The molecular formula is C8H7F2N. The van der Waals surface area contributed by atoms with Crippen molar-refractivity contribution in [2.24, 2.45) is 0 Å². The van der Waals surface area contributed by atoms with Gasteiger partial charge in [0.15, 0.2) is 0 Å². The molecule has 0 spiro atoms. The summed E-state index contributed by atoms with van der Waals surface area (Å²) in [5.74, 6) is -1.19. The number of hydrogen-bond acceptors (Lipinski definition) is 1. The maximum absolute atomic E-state index is 12.4. The van der Waals surface area contributed by atoms with Crippen LogP contribution in [0.25, 0.3) is 0 Å². The van der Waals surface area contributed by atoms with E-state index in [9.17, 15) is 8.78 Å². The predicted molar refractivity (Wildman–Crippen MR) is 38.8 cm³/mol. The first-order chi connectivity index (χ1) is 5.22. The fourth-order valence-corrected chi connectivity index (χ4v) is 0.847. The van der Waals surface area contributed by atoms with Crippen LogP contribution in [-0.2, 0) is 6.42 Å². The van der Waals surface area contributed by atoms with Crippen LogP contribution in [0.15, 0.2) is 18.2 Å². The second kappa shape index (κ2) is 3.23. The molecule has 0 aliphatic carbocycles. The largest absolute Gasteiger partial charge is 0.313 e. The molecule has 58 valence electrons. The molecule has 0 saturated heterocycles. The van der Waals surface area contributed by atoms with Crippen molar-refractivity contribution in [1.82, 2.24) is 0 Å². The van der Waals surface area contributed by atoms with Gasteiger partial charge in [0.2, 0.25) is 0 Å². The van der Waals surface area contributed by atoms with Crippen molar-refractivity contribution < 1.29 is 8.78 Å². The Kier molecular flexibility index (Phi) is 2.31. The van der Waals surface area contributed by atoms with E-state index in [2.05, 4.69) is 0 Å². The molecule has 0 heterocycles. The van der Waals surface area contributed by atoms with Gasteiger partial charge in [0.25, 0.3) is 0 Å². The van der Waals surface area contributed by atoms with Crippen LogP contribution in [0.5, 0.6) is 0 Å². The average molecular weight is 155 g/mol. The quantitative estimate of drug-likeness (QED) is 0.633. The molecule has 0 aliphatic rings. The molecule has 1 rings (SSSR count). The summed E-state index contributed by atoms with van der Waals surface area (Å²) < 4.78 is 24.9. The van der Waals surface area contributed by atoms with Crippen LogP contribution < -0.4 is 0 Å². The molecule has 0 saturated carbocycles. The second-order valence-corrected chi connectivity index (χ2v) is 2.19. The number of benzene rings is 1. The first-order valence-electron chi connectivity index (χ1n) is 3.16. The molecule has 0 aromatic heterocycles. The van der Waals surface area contributed by atoms with E-state index >= 15 is 0 Å². The van der Waals surface area contributed by atoms with E-state index in [0.29, 0.717) is 5.56 Å². The van der Waals surface area contributed by atoms with Gasteiger partial charge in [-0.1, -0.05) is 0 Å². The summed E-state index contributed by atoms with van der Waals surface area (Å²) in [5.41, 5.74) is 0.484. The van der Waals surface area contributed by atoms with Crippen molar-refractivity contribution in [2.45, 2.75) is 6.42 Å². The van der Waals surface area contributed by atoms with Crippen LogP contribution in [-0.4, -0.2) is 6.21 Å². The lowest BCUT2D eigenvalue weighted by Gasteiger charge is -1.95. The second-order valence-electron chi connectivity index (χ2n) is 2.19. The Morgan fingerprint density at radius 2 is 1.73 bits per heavy atom. The Bertz CT molecular complexity index is 251. The van der Waals surface area contributed by atoms with E-state index in [-0.39, 0.29) is 6.42 Å². The van der Waals surface area contributed by atoms with Crippen molar-refractivity contribution in [3.63, 3.8) is 0 Å². The zero-order valence-corrected chi connectivity index (χ0v) is 5.77. The maximum atomic E-state index is 12.4. The third-order valence-electron chi connectivity index (χ3n) is 1.26. The van der Waals surface area contributed by atoms with Crippen LogP contribution in [0.3, 0.4) is 0 Å². The van der Waals surface area contributed by atoms with E-state index in [4.69, 9.17) is 5.41 Å². The van der Waals surface area contributed by atoms with Gasteiger partial charge in [0.1, 0.15) is 11.6 Å². The molecule has 1 nitrogen and oxygen atoms in total. The predicted octanol–water partition coefficient (Wildman–Crippen LogP) is 2.16. The first-order valence-corrected chi connectivity index (χ1v) is 3.16. The van der Waals surface area contributed by atoms with Gasteiger partial charge in [-0.05, 0) is 23.9 Å². The van der Waals surface area contributed by atoms with Crippen LogP contribution in [0.1, 0.15) is 5.56 Å². The monoisotopic (exact) mass is 155 g/mol. The van der Waals surface area contributed by atoms with Crippen LogP contribution in [0.4, 0.5) is 8.78 Å². The third-order valence-corrected chi connectivity index (χ3v) is 1.26. The summed E-state index contributed by atoms with van der Waals surface area (Å²) in [4.78, 5) is 0. The number of hydrogen-bond donors (Lipinski definition) is 1. The van der Waals surface area contributed by atoms with Gasteiger partial charge in [0, 0.05) is 12.5 Å². The summed E-state index contributed by atoms with van der Waals surface area (Å²) >= 11 is 0. The Morgan fingerprint density at radius 3 is 2.18 bits per heavy atom. The highest BCUT2D eigenvalue weighted by molar-refractivity contribution is 5.57. The highest BCUT2D eigenvalue weighted by Crippen LogP contribution is 2.07. The zero-order valence-electron chi connectivity index (χ0n) is 5.77. The van der Waals surface area contributed by atoms with E-state index in [1.807, 2.05) is 0 Å². The summed E-state index contributed by atoms with van der Waals surface area (Å²) in [7, 11) is 0. The molecule has 1 N–H and O–H groups in total. The minimum absolute atomic E-state index is 0.272. The molecule has 0 atom stereocenters. The highest BCUT2D eigenvalue weighted by Gasteiger charge is 1.97. The topological polar surface area (TPSA) is 23.9 Å². The molecule has 1 aromatic rings. The van der Waals surface area contributed by atoms with Crippen molar-refractivity contribution in [3.8, 4) is 0 Å². The molecule has 0 bridgehead atoms. The van der Waals surface area contributed by atoms with E-state index in [0.717, 1.165) is 12.3 Å². The summed E-state index contributed by atoms with van der Waals surface area (Å²) in [6, 6.07) is 3.25. The molecule has 0 unspecified atom stereocenters. The lowest BCUT2D eigenvalue weighted by Crippen LogP contribution is -1.88. The van der Waals surface area contributed by atoms with E-state index in [1.165, 1.54) is 12.1 Å². The molecule has 0 fully saturated rings. The van der Waals surface area contributed by atoms with Crippen molar-refractivity contribution in [3.05, 3.63) is 35.4 Å². The Labute approximate surface area is 63.2 Å². The fraction of sp³-hybridized carbons (Fsp3) is 0.125. The van der Waals surface area contributed by atoms with Gasteiger partial charge in [-0.25, -0.2) is 8.78 Å². The SMILES string of the molecule is N=CCc1cc(F)cc(F)c1. The molecular weight excluding hydrogens is 148 g/mol. The van der Waals surface area contributed by atoms with Gasteiger partial charge >= 0.3 is 0 Å². The Morgan fingerprint density at radius 1 is 1.18 bits per heavy atom. The fourth-order valence-electron chi connectivity index (χ4n) is 0.847. The normalized spacial score (nSPS) is 9.64. The lowest BCUT2D eigenvalue weighted by molar-refractivity contribution is 0.581. The van der Waals surface area contributed by atoms with Crippen molar-refractivity contribution in [1.29, 1.82) is 5.41 Å². The van der Waals surface area contributed by atoms with Gasteiger partial charge in [-0.15, -0.1) is 0 Å². The van der Waals surface area contributed by atoms with Gasteiger partial charge < -0.3 is 5.41 Å². The van der Waals surface area contributed by atoms with Crippen molar-refractivity contribution in [2.75, 3.05) is 0 Å². The number of nitrogens with one attached hydrogen (secondary N) is 1. The van der Waals surface area contributed by atoms with Crippen LogP contribution in [0.2, 0.25) is 0 Å². The van der Waals surface area contributed by atoms with Crippen molar-refractivity contribution >= 4 is 6.21 Å². The molecule has 0 amide bonds. The highest BCUT2D eigenvalue weighted by atomic mass is 19.1.